The van der Waals surface area contributed by atoms with Gasteiger partial charge in [0.25, 0.3) is 0 Å². The lowest BCUT2D eigenvalue weighted by Crippen LogP contribution is -2.60. The highest BCUT2D eigenvalue weighted by atomic mass is 16.5. The van der Waals surface area contributed by atoms with Crippen LogP contribution in [0, 0.1) is 17.8 Å². The molecule has 4 aliphatic heterocycles. The van der Waals surface area contributed by atoms with Crippen LogP contribution in [-0.4, -0.2) is 120 Å². The molecule has 2 unspecified atom stereocenters. The van der Waals surface area contributed by atoms with Crippen LogP contribution in [0.4, 0.5) is 5.69 Å². The number of ether oxygens (including phenoxy) is 2. The summed E-state index contributed by atoms with van der Waals surface area (Å²) in [5.74, 6) is -2.51. The minimum atomic E-state index is -1.18. The van der Waals surface area contributed by atoms with Gasteiger partial charge in [0, 0.05) is 45.0 Å². The van der Waals surface area contributed by atoms with Gasteiger partial charge >= 0.3 is 0 Å². The molecule has 4 saturated heterocycles. The van der Waals surface area contributed by atoms with Crippen LogP contribution < -0.4 is 4.90 Å². The van der Waals surface area contributed by atoms with Crippen molar-refractivity contribution in [3.63, 3.8) is 0 Å². The van der Waals surface area contributed by atoms with E-state index in [-0.39, 0.29) is 36.8 Å². The number of fused-ring (bicyclic) bond motifs is 1. The van der Waals surface area contributed by atoms with Crippen molar-refractivity contribution in [1.29, 1.82) is 0 Å². The van der Waals surface area contributed by atoms with E-state index >= 15 is 0 Å². The Balaban J connectivity index is 1.54. The SMILES string of the molecule is C=CCN(CCN1CCOCC1)C(=O)C1N([C@@H](CO)C(C)C)C(=O)[C@@H]2[C@@H](C(=O)N(CC=C)c3ccccc3)[C@@]3(C)CCC12O3. The molecular formula is C34H48N4O6. The fourth-order valence-corrected chi connectivity index (χ4v) is 7.93. The van der Waals surface area contributed by atoms with E-state index in [0.29, 0.717) is 51.4 Å². The highest BCUT2D eigenvalue weighted by Crippen LogP contribution is 2.64. The van der Waals surface area contributed by atoms with Crippen LogP contribution in [0.15, 0.2) is 55.6 Å². The van der Waals surface area contributed by atoms with Gasteiger partial charge in [-0.1, -0.05) is 44.2 Å². The normalized spacial score (nSPS) is 30.3. The monoisotopic (exact) mass is 608 g/mol. The molecule has 10 nitrogen and oxygen atoms in total. The number of aliphatic hydroxyl groups is 1. The van der Waals surface area contributed by atoms with E-state index < -0.39 is 35.1 Å². The predicted octanol–water partition coefficient (Wildman–Crippen LogP) is 2.33. The van der Waals surface area contributed by atoms with Gasteiger partial charge in [-0.15, -0.1) is 13.2 Å². The van der Waals surface area contributed by atoms with Gasteiger partial charge in [0.15, 0.2) is 0 Å². The van der Waals surface area contributed by atoms with E-state index in [0.717, 1.165) is 13.1 Å². The predicted molar refractivity (Wildman–Crippen MR) is 168 cm³/mol. The number of morpholine rings is 1. The van der Waals surface area contributed by atoms with E-state index in [2.05, 4.69) is 18.1 Å². The van der Waals surface area contributed by atoms with Gasteiger partial charge in [-0.2, -0.15) is 0 Å². The second-order valence-corrected chi connectivity index (χ2v) is 13.1. The zero-order chi connectivity index (χ0) is 31.6. The van der Waals surface area contributed by atoms with Crippen LogP contribution in [0.25, 0.3) is 0 Å². The third-order valence-corrected chi connectivity index (χ3v) is 10.1. The molecule has 0 saturated carbocycles. The summed E-state index contributed by atoms with van der Waals surface area (Å²) >= 11 is 0. The smallest absolute Gasteiger partial charge is 0.248 e. The molecule has 0 aliphatic carbocycles. The molecule has 4 heterocycles. The number of para-hydroxylation sites is 1. The second-order valence-electron chi connectivity index (χ2n) is 13.1. The van der Waals surface area contributed by atoms with Gasteiger partial charge in [0.2, 0.25) is 17.7 Å². The Morgan fingerprint density at radius 3 is 2.39 bits per heavy atom. The first-order valence-electron chi connectivity index (χ1n) is 15.9. The molecule has 1 spiro atoms. The van der Waals surface area contributed by atoms with Crippen LogP contribution in [0.2, 0.25) is 0 Å². The van der Waals surface area contributed by atoms with Crippen molar-refractivity contribution in [3.8, 4) is 0 Å². The Morgan fingerprint density at radius 2 is 1.77 bits per heavy atom. The van der Waals surface area contributed by atoms with E-state index in [1.807, 2.05) is 51.1 Å². The summed E-state index contributed by atoms with van der Waals surface area (Å²) in [6.07, 6.45) is 4.40. The Kier molecular flexibility index (Phi) is 9.65. The molecule has 3 amide bonds. The summed E-state index contributed by atoms with van der Waals surface area (Å²) in [6, 6.07) is 7.79. The number of hydrogen-bond acceptors (Lipinski definition) is 7. The topological polar surface area (TPSA) is 103 Å². The highest BCUT2D eigenvalue weighted by Gasteiger charge is 2.79. The lowest BCUT2D eigenvalue weighted by Gasteiger charge is -2.41. The van der Waals surface area contributed by atoms with Crippen molar-refractivity contribution in [2.75, 3.05) is 64.0 Å². The average Bonchev–Trinajstić information content (AvgIpc) is 3.59. The first-order valence-corrected chi connectivity index (χ1v) is 15.9. The zero-order valence-corrected chi connectivity index (χ0v) is 26.4. The number of carbonyl (C=O) groups is 3. The molecule has 5 rings (SSSR count). The number of hydrogen-bond donors (Lipinski definition) is 1. The first kappa shape index (κ1) is 32.3. The van der Waals surface area contributed by atoms with Gasteiger partial charge in [-0.25, -0.2) is 0 Å². The zero-order valence-electron chi connectivity index (χ0n) is 26.4. The molecule has 0 radical (unpaired) electrons. The molecule has 0 aromatic heterocycles. The number of nitrogens with zero attached hydrogens (tertiary/aromatic N) is 4. The standard InChI is InChI=1S/C34H48N4O6/c1-6-15-36(18-17-35-19-21-43-22-20-35)32(42)29-34-14-13-33(5,44-34)27(28(34)31(41)38(29)26(23-39)24(3)4)30(40)37(16-7-2)25-11-9-8-10-12-25/h6-12,24,26-29,39H,1-2,13-23H2,3-5H3/t26-,27-,28-,29?,33+,34?/m0/s1. The molecule has 240 valence electrons. The molecule has 1 N–H and O–H groups in total. The largest absolute Gasteiger partial charge is 0.394 e. The fourth-order valence-electron chi connectivity index (χ4n) is 7.93. The molecule has 6 atom stereocenters. The van der Waals surface area contributed by atoms with Crippen molar-refractivity contribution in [1.82, 2.24) is 14.7 Å². The quantitative estimate of drug-likeness (QED) is 0.343. The molecule has 4 aliphatic rings. The van der Waals surface area contributed by atoms with Crippen LogP contribution >= 0.6 is 0 Å². The molecular weight excluding hydrogens is 560 g/mol. The van der Waals surface area contributed by atoms with Gasteiger partial charge in [-0.3, -0.25) is 19.3 Å². The summed E-state index contributed by atoms with van der Waals surface area (Å²) in [6.45, 7) is 17.9. The van der Waals surface area contributed by atoms with Gasteiger partial charge in [0.1, 0.15) is 11.6 Å². The summed E-state index contributed by atoms with van der Waals surface area (Å²) < 4.78 is 12.4. The summed E-state index contributed by atoms with van der Waals surface area (Å²) in [5.41, 5.74) is -1.39. The third-order valence-electron chi connectivity index (χ3n) is 10.1. The second kappa shape index (κ2) is 13.1. The van der Waals surface area contributed by atoms with Crippen molar-refractivity contribution >= 4 is 23.4 Å². The maximum absolute atomic E-state index is 14.7. The van der Waals surface area contributed by atoms with E-state index in [1.54, 1.807) is 26.9 Å². The molecule has 44 heavy (non-hydrogen) atoms. The number of likely N-dealkylation sites (tertiary alicyclic amines) is 1. The molecule has 10 heteroatoms. The summed E-state index contributed by atoms with van der Waals surface area (Å²) in [7, 11) is 0. The van der Waals surface area contributed by atoms with Crippen molar-refractivity contribution < 1.29 is 29.0 Å². The Hall–Kier alpha value is -3.05. The maximum Gasteiger partial charge on any atom is 0.248 e. The fraction of sp³-hybridized carbons (Fsp3) is 0.618. The average molecular weight is 609 g/mol. The Morgan fingerprint density at radius 1 is 1.09 bits per heavy atom. The van der Waals surface area contributed by atoms with Gasteiger partial charge in [-0.05, 0) is 37.8 Å². The molecule has 2 bridgehead atoms. The van der Waals surface area contributed by atoms with E-state index in [4.69, 9.17) is 9.47 Å². The number of aliphatic hydroxyl groups excluding tert-OH is 1. The summed E-state index contributed by atoms with van der Waals surface area (Å²) in [4.78, 5) is 51.2. The van der Waals surface area contributed by atoms with Crippen molar-refractivity contribution in [2.45, 2.75) is 56.9 Å². The Labute approximate surface area is 261 Å². The third kappa shape index (κ3) is 5.50. The number of amides is 3. The number of rotatable bonds is 13. The molecule has 4 fully saturated rings. The van der Waals surface area contributed by atoms with Crippen LogP contribution in [-0.2, 0) is 23.9 Å². The first-order chi connectivity index (χ1) is 21.1. The lowest BCUT2D eigenvalue weighted by atomic mass is 9.66. The lowest BCUT2D eigenvalue weighted by molar-refractivity contribution is -0.155. The summed E-state index contributed by atoms with van der Waals surface area (Å²) in [5, 5.41) is 10.6. The van der Waals surface area contributed by atoms with Crippen LogP contribution in [0.1, 0.15) is 33.6 Å². The number of benzene rings is 1. The number of anilines is 1. The highest BCUT2D eigenvalue weighted by molar-refractivity contribution is 6.03. The molecule has 1 aromatic carbocycles. The number of carbonyl (C=O) groups excluding carboxylic acids is 3. The van der Waals surface area contributed by atoms with Crippen LogP contribution in [0.3, 0.4) is 0 Å². The maximum atomic E-state index is 14.7. The Bertz CT molecular complexity index is 1240. The minimum absolute atomic E-state index is 0.126. The molecule has 1 aromatic rings. The van der Waals surface area contributed by atoms with Crippen molar-refractivity contribution in [2.24, 2.45) is 17.8 Å². The van der Waals surface area contributed by atoms with Gasteiger partial charge < -0.3 is 29.3 Å². The van der Waals surface area contributed by atoms with E-state index in [1.165, 1.54) is 0 Å². The van der Waals surface area contributed by atoms with E-state index in [9.17, 15) is 19.5 Å². The minimum Gasteiger partial charge on any atom is -0.394 e. The van der Waals surface area contributed by atoms with Crippen molar-refractivity contribution in [3.05, 3.63) is 55.6 Å². The van der Waals surface area contributed by atoms with Gasteiger partial charge in [0.05, 0.1) is 43.3 Å². The van der Waals surface area contributed by atoms with Crippen LogP contribution in [0.5, 0.6) is 0 Å².